The van der Waals surface area contributed by atoms with E-state index in [1.807, 2.05) is 0 Å². The van der Waals surface area contributed by atoms with E-state index in [0.717, 1.165) is 0 Å². The van der Waals surface area contributed by atoms with Crippen molar-refractivity contribution < 1.29 is 19.4 Å². The van der Waals surface area contributed by atoms with Crippen LogP contribution in [0.3, 0.4) is 0 Å². The van der Waals surface area contributed by atoms with E-state index in [0.29, 0.717) is 6.29 Å². The van der Waals surface area contributed by atoms with Crippen LogP contribution in [-0.2, 0) is 14.3 Å². The Labute approximate surface area is 85.2 Å². The quantitative estimate of drug-likeness (QED) is 0.649. The predicted octanol–water partition coefficient (Wildman–Crippen LogP) is 0.766. The maximum atomic E-state index is 10.7. The van der Waals surface area contributed by atoms with Gasteiger partial charge in [-0.25, -0.2) is 0 Å². The van der Waals surface area contributed by atoms with Gasteiger partial charge in [0.1, 0.15) is 5.60 Å². The number of aliphatic hydroxyl groups is 1. The Morgan fingerprint density at radius 3 is 2.07 bits per heavy atom. The van der Waals surface area contributed by atoms with E-state index in [4.69, 9.17) is 9.47 Å². The van der Waals surface area contributed by atoms with Crippen molar-refractivity contribution >= 4 is 6.29 Å². The van der Waals surface area contributed by atoms with Crippen LogP contribution < -0.4 is 0 Å². The highest BCUT2D eigenvalue weighted by Gasteiger charge is 2.35. The average Bonchev–Trinajstić information content (AvgIpc) is 2.17. The molecule has 2 unspecified atom stereocenters. The van der Waals surface area contributed by atoms with Gasteiger partial charge >= 0.3 is 0 Å². The van der Waals surface area contributed by atoms with Gasteiger partial charge in [-0.2, -0.15) is 0 Å². The Kier molecular flexibility index (Phi) is 4.71. The molecule has 0 saturated carbocycles. The zero-order valence-corrected chi connectivity index (χ0v) is 9.53. The Morgan fingerprint density at radius 2 is 1.79 bits per heavy atom. The van der Waals surface area contributed by atoms with Gasteiger partial charge in [0, 0.05) is 20.6 Å². The zero-order chi connectivity index (χ0) is 11.4. The highest BCUT2D eigenvalue weighted by molar-refractivity contribution is 5.61. The monoisotopic (exact) mass is 204 g/mol. The molecule has 4 nitrogen and oxygen atoms in total. The Hall–Kier alpha value is -0.450. The van der Waals surface area contributed by atoms with E-state index in [-0.39, 0.29) is 6.42 Å². The van der Waals surface area contributed by atoms with E-state index in [9.17, 15) is 9.90 Å². The van der Waals surface area contributed by atoms with Crippen LogP contribution in [0.5, 0.6) is 0 Å². The zero-order valence-electron chi connectivity index (χ0n) is 9.53. The van der Waals surface area contributed by atoms with Crippen LogP contribution in [0.4, 0.5) is 0 Å². The van der Waals surface area contributed by atoms with Gasteiger partial charge in [0.2, 0.25) is 0 Å². The topological polar surface area (TPSA) is 55.8 Å². The molecule has 0 amide bonds. The molecule has 0 aliphatic carbocycles. The largest absolute Gasteiger partial charge is 0.390 e. The van der Waals surface area contributed by atoms with Crippen molar-refractivity contribution in [2.45, 2.75) is 44.5 Å². The molecule has 0 aromatic carbocycles. The van der Waals surface area contributed by atoms with Gasteiger partial charge in [0.05, 0.1) is 11.7 Å². The summed E-state index contributed by atoms with van der Waals surface area (Å²) in [6.07, 6.45) is 0.165. The van der Waals surface area contributed by atoms with Gasteiger partial charge in [0.25, 0.3) is 0 Å². The molecule has 0 fully saturated rings. The normalized spacial score (nSPS) is 18.7. The number of methoxy groups -OCH3 is 2. The summed E-state index contributed by atoms with van der Waals surface area (Å²) in [7, 11) is 2.97. The number of aliphatic hydroxyl groups excluding tert-OH is 1. The lowest BCUT2D eigenvalue weighted by atomic mass is 9.90. The van der Waals surface area contributed by atoms with Gasteiger partial charge in [-0.15, -0.1) is 0 Å². The van der Waals surface area contributed by atoms with Crippen LogP contribution >= 0.6 is 0 Å². The summed E-state index contributed by atoms with van der Waals surface area (Å²) in [5.41, 5.74) is -1.63. The maximum absolute atomic E-state index is 10.7. The van der Waals surface area contributed by atoms with E-state index in [2.05, 4.69) is 0 Å². The van der Waals surface area contributed by atoms with Crippen LogP contribution in [0, 0.1) is 0 Å². The van der Waals surface area contributed by atoms with Crippen molar-refractivity contribution in [2.24, 2.45) is 0 Å². The summed E-state index contributed by atoms with van der Waals surface area (Å²) < 4.78 is 10.1. The van der Waals surface area contributed by atoms with Crippen molar-refractivity contribution in [3.8, 4) is 0 Å². The highest BCUT2D eigenvalue weighted by atomic mass is 16.5. The number of aldehydes is 1. The average molecular weight is 204 g/mol. The number of hydrogen-bond donors (Lipinski definition) is 1. The molecule has 2 atom stereocenters. The van der Waals surface area contributed by atoms with Gasteiger partial charge < -0.3 is 19.4 Å². The van der Waals surface area contributed by atoms with E-state index in [1.54, 1.807) is 20.8 Å². The molecule has 0 aromatic heterocycles. The van der Waals surface area contributed by atoms with Crippen molar-refractivity contribution in [1.82, 2.24) is 0 Å². The molecule has 1 N–H and O–H groups in total. The van der Waals surface area contributed by atoms with Crippen molar-refractivity contribution in [3.63, 3.8) is 0 Å². The molecule has 0 rings (SSSR count). The fraction of sp³-hybridized carbons (Fsp3) is 0.900. The standard InChI is InChI=1S/C10H20O4/c1-9(2,13-4)8(12)6-10(3,7-11)14-5/h7-8,12H,6H2,1-5H3. The summed E-state index contributed by atoms with van der Waals surface area (Å²) in [6, 6.07) is 0. The number of carbonyl (C=O) groups is 1. The van der Waals surface area contributed by atoms with Gasteiger partial charge in [-0.05, 0) is 20.8 Å². The molecule has 4 heteroatoms. The minimum Gasteiger partial charge on any atom is -0.390 e. The lowest BCUT2D eigenvalue weighted by Gasteiger charge is -2.33. The smallest absolute Gasteiger partial charge is 0.151 e. The lowest BCUT2D eigenvalue weighted by molar-refractivity contribution is -0.139. The number of hydrogen-bond acceptors (Lipinski definition) is 4. The summed E-state index contributed by atoms with van der Waals surface area (Å²) >= 11 is 0. The molecular formula is C10H20O4. The first kappa shape index (κ1) is 13.5. The molecule has 0 spiro atoms. The van der Waals surface area contributed by atoms with E-state index < -0.39 is 17.3 Å². The first-order valence-corrected chi connectivity index (χ1v) is 4.56. The van der Waals surface area contributed by atoms with Crippen LogP contribution in [0.1, 0.15) is 27.2 Å². The lowest BCUT2D eigenvalue weighted by Crippen LogP contribution is -2.44. The fourth-order valence-electron chi connectivity index (χ4n) is 0.945. The second-order valence-corrected chi connectivity index (χ2v) is 4.16. The van der Waals surface area contributed by atoms with Crippen molar-refractivity contribution in [3.05, 3.63) is 0 Å². The minimum atomic E-state index is -0.949. The molecule has 0 aliphatic rings. The third-order valence-corrected chi connectivity index (χ3v) is 2.64. The second-order valence-electron chi connectivity index (χ2n) is 4.16. The summed E-state index contributed by atoms with van der Waals surface area (Å²) in [6.45, 7) is 5.16. The maximum Gasteiger partial charge on any atom is 0.151 e. The second kappa shape index (κ2) is 4.87. The number of rotatable bonds is 6. The third kappa shape index (κ3) is 3.36. The van der Waals surface area contributed by atoms with Crippen molar-refractivity contribution in [1.29, 1.82) is 0 Å². The molecule has 0 heterocycles. The molecular weight excluding hydrogens is 184 g/mol. The van der Waals surface area contributed by atoms with Crippen LogP contribution in [0.25, 0.3) is 0 Å². The van der Waals surface area contributed by atoms with E-state index >= 15 is 0 Å². The van der Waals surface area contributed by atoms with Crippen molar-refractivity contribution in [2.75, 3.05) is 14.2 Å². The minimum absolute atomic E-state index is 0.216. The van der Waals surface area contributed by atoms with Crippen LogP contribution in [0.15, 0.2) is 0 Å². The molecule has 14 heavy (non-hydrogen) atoms. The molecule has 0 aromatic rings. The van der Waals surface area contributed by atoms with Crippen LogP contribution in [-0.4, -0.2) is 42.9 Å². The van der Waals surface area contributed by atoms with Gasteiger partial charge in [-0.1, -0.05) is 0 Å². The Morgan fingerprint density at radius 1 is 1.29 bits per heavy atom. The third-order valence-electron chi connectivity index (χ3n) is 2.64. The molecule has 84 valence electrons. The van der Waals surface area contributed by atoms with Gasteiger partial charge in [0.15, 0.2) is 6.29 Å². The fourth-order valence-corrected chi connectivity index (χ4v) is 0.945. The highest BCUT2D eigenvalue weighted by Crippen LogP contribution is 2.23. The summed E-state index contributed by atoms with van der Waals surface area (Å²) in [5, 5.41) is 9.81. The number of carbonyl (C=O) groups excluding carboxylic acids is 1. The molecule has 0 bridgehead atoms. The van der Waals surface area contributed by atoms with Crippen LogP contribution in [0.2, 0.25) is 0 Å². The first-order valence-electron chi connectivity index (χ1n) is 4.56. The summed E-state index contributed by atoms with van der Waals surface area (Å²) in [4.78, 5) is 10.7. The number of ether oxygens (including phenoxy) is 2. The SMILES string of the molecule is COC(C)(C=O)CC(O)C(C)(C)OC. The summed E-state index contributed by atoms with van der Waals surface area (Å²) in [5.74, 6) is 0. The predicted molar refractivity (Wildman–Crippen MR) is 53.2 cm³/mol. The Balaban J connectivity index is 4.44. The first-order chi connectivity index (χ1) is 6.31. The molecule has 0 saturated heterocycles. The van der Waals surface area contributed by atoms with E-state index in [1.165, 1.54) is 14.2 Å². The van der Waals surface area contributed by atoms with Gasteiger partial charge in [-0.3, -0.25) is 0 Å². The molecule has 0 aliphatic heterocycles. The Bertz CT molecular complexity index is 191. The molecule has 0 radical (unpaired) electrons.